The van der Waals surface area contributed by atoms with Gasteiger partial charge < -0.3 is 9.97 Å². The zero-order valence-corrected chi connectivity index (χ0v) is 12.2. The fourth-order valence-electron chi connectivity index (χ4n) is 3.03. The Hall–Kier alpha value is -2.53. The molecule has 3 aromatic rings. The largest absolute Gasteiger partial charge is 0.360 e. The normalized spacial score (nSPS) is 18.1. The summed E-state index contributed by atoms with van der Waals surface area (Å²) in [5, 5.41) is 3.83. The first-order valence-electron chi connectivity index (χ1n) is 6.92. The average molecular weight is 314 g/mol. The van der Waals surface area contributed by atoms with Crippen LogP contribution in [0.5, 0.6) is 0 Å². The van der Waals surface area contributed by atoms with Gasteiger partial charge in [-0.05, 0) is 30.3 Å². The lowest BCUT2D eigenvalue weighted by molar-refractivity contribution is -0.125. The lowest BCUT2D eigenvalue weighted by Gasteiger charge is -2.08. The van der Waals surface area contributed by atoms with E-state index in [4.69, 9.17) is 11.6 Å². The minimum absolute atomic E-state index is 0.159. The number of carbonyl (C=O) groups is 2. The van der Waals surface area contributed by atoms with E-state index in [9.17, 15) is 9.59 Å². The summed E-state index contributed by atoms with van der Waals surface area (Å²) in [4.78, 5) is 30.2. The Labute approximate surface area is 130 Å². The minimum atomic E-state index is -0.502. The maximum absolute atomic E-state index is 12.1. The number of halogens is 1. The van der Waals surface area contributed by atoms with Gasteiger partial charge in [-0.2, -0.15) is 0 Å². The second-order valence-corrected chi connectivity index (χ2v) is 5.79. The Balaban J connectivity index is 2.01. The van der Waals surface area contributed by atoms with Crippen LogP contribution in [0.25, 0.3) is 22.3 Å². The molecular formula is C16H12ClN3O2. The average Bonchev–Trinajstić information content (AvgIpc) is 3.17. The fourth-order valence-corrected chi connectivity index (χ4v) is 3.20. The quantitative estimate of drug-likeness (QED) is 0.636. The molecule has 1 fully saturated rings. The van der Waals surface area contributed by atoms with E-state index in [1.165, 1.54) is 0 Å². The van der Waals surface area contributed by atoms with Crippen molar-refractivity contribution >= 4 is 34.3 Å². The van der Waals surface area contributed by atoms with Gasteiger partial charge in [-0.25, -0.2) is 0 Å². The van der Waals surface area contributed by atoms with Gasteiger partial charge in [-0.3, -0.25) is 14.9 Å². The fraction of sp³-hybridized carbons (Fsp3) is 0.125. The molecule has 0 aliphatic carbocycles. The lowest BCUT2D eigenvalue weighted by Crippen LogP contribution is -2.21. The molecule has 0 radical (unpaired) electrons. The van der Waals surface area contributed by atoms with E-state index in [0.29, 0.717) is 5.02 Å². The third-order valence-corrected chi connectivity index (χ3v) is 4.22. The van der Waals surface area contributed by atoms with E-state index in [1.807, 2.05) is 30.5 Å². The van der Waals surface area contributed by atoms with Gasteiger partial charge in [0.2, 0.25) is 11.8 Å². The van der Waals surface area contributed by atoms with Crippen molar-refractivity contribution in [3.8, 4) is 11.4 Å². The van der Waals surface area contributed by atoms with Gasteiger partial charge in [0.1, 0.15) is 0 Å². The first-order chi connectivity index (χ1) is 10.6. The number of hydrogen-bond donors (Lipinski definition) is 3. The number of aromatic nitrogens is 2. The van der Waals surface area contributed by atoms with Crippen LogP contribution < -0.4 is 5.32 Å². The first-order valence-corrected chi connectivity index (χ1v) is 7.30. The molecule has 1 aliphatic heterocycles. The number of H-pyrrole nitrogens is 2. The molecule has 4 rings (SSSR count). The van der Waals surface area contributed by atoms with E-state index in [1.54, 1.807) is 6.07 Å². The molecule has 1 atom stereocenters. The van der Waals surface area contributed by atoms with Crippen molar-refractivity contribution in [3.05, 3.63) is 47.1 Å². The van der Waals surface area contributed by atoms with Crippen molar-refractivity contribution < 1.29 is 9.59 Å². The highest BCUT2D eigenvalue weighted by atomic mass is 35.5. The minimum Gasteiger partial charge on any atom is -0.360 e. The summed E-state index contributed by atoms with van der Waals surface area (Å²) >= 11 is 6.11. The molecule has 1 aliphatic rings. The molecule has 2 aromatic heterocycles. The number of hydrogen-bond acceptors (Lipinski definition) is 2. The number of nitrogens with one attached hydrogen (secondary N) is 3. The predicted molar refractivity (Wildman–Crippen MR) is 83.6 cm³/mol. The van der Waals surface area contributed by atoms with Gasteiger partial charge in [0.25, 0.3) is 0 Å². The Morgan fingerprint density at radius 2 is 2.05 bits per heavy atom. The van der Waals surface area contributed by atoms with Gasteiger partial charge >= 0.3 is 0 Å². The molecule has 1 aromatic carbocycles. The van der Waals surface area contributed by atoms with Crippen LogP contribution in [0.2, 0.25) is 5.02 Å². The van der Waals surface area contributed by atoms with Crippen LogP contribution in [0.3, 0.4) is 0 Å². The summed E-state index contributed by atoms with van der Waals surface area (Å²) in [6, 6.07) is 9.30. The molecule has 22 heavy (non-hydrogen) atoms. The summed E-state index contributed by atoms with van der Waals surface area (Å²) in [6.07, 6.45) is 1.98. The highest BCUT2D eigenvalue weighted by Crippen LogP contribution is 2.39. The van der Waals surface area contributed by atoms with Gasteiger partial charge in [0.15, 0.2) is 0 Å². The topological polar surface area (TPSA) is 77.8 Å². The van der Waals surface area contributed by atoms with E-state index in [2.05, 4.69) is 15.3 Å². The van der Waals surface area contributed by atoms with E-state index >= 15 is 0 Å². The van der Waals surface area contributed by atoms with E-state index in [-0.39, 0.29) is 18.2 Å². The van der Waals surface area contributed by atoms with Crippen molar-refractivity contribution in [1.29, 1.82) is 0 Å². The third kappa shape index (κ3) is 1.94. The Kier molecular flexibility index (Phi) is 2.84. The first kappa shape index (κ1) is 13.2. The summed E-state index contributed by atoms with van der Waals surface area (Å²) in [6.45, 7) is 0. The summed E-state index contributed by atoms with van der Waals surface area (Å²) in [5.74, 6) is -1.01. The van der Waals surface area contributed by atoms with Crippen molar-refractivity contribution in [3.63, 3.8) is 0 Å². The van der Waals surface area contributed by atoms with Crippen LogP contribution in [0.15, 0.2) is 36.5 Å². The highest BCUT2D eigenvalue weighted by Gasteiger charge is 2.35. The summed E-state index contributed by atoms with van der Waals surface area (Å²) in [7, 11) is 0. The highest BCUT2D eigenvalue weighted by molar-refractivity contribution is 6.31. The number of benzene rings is 1. The van der Waals surface area contributed by atoms with Crippen LogP contribution in [0, 0.1) is 0 Å². The van der Waals surface area contributed by atoms with Crippen molar-refractivity contribution in [1.82, 2.24) is 15.3 Å². The smallest absolute Gasteiger partial charge is 0.234 e. The second-order valence-electron chi connectivity index (χ2n) is 5.36. The standard InChI is InChI=1S/C16H12ClN3O2/c17-8-3-4-11-9(6-8)14(10-7-13(21)20-16(10)22)15(19-11)12-2-1-5-18-12/h1-6,10,18-19H,7H2,(H,20,21,22). The number of carbonyl (C=O) groups excluding carboxylic acids is 2. The number of amides is 2. The van der Waals surface area contributed by atoms with Gasteiger partial charge in [0.05, 0.1) is 17.3 Å². The van der Waals surface area contributed by atoms with Gasteiger partial charge in [-0.1, -0.05) is 11.6 Å². The molecule has 1 saturated heterocycles. The van der Waals surface area contributed by atoms with Crippen LogP contribution in [0.4, 0.5) is 0 Å². The Morgan fingerprint density at radius 1 is 1.18 bits per heavy atom. The molecule has 3 heterocycles. The molecule has 2 amide bonds. The van der Waals surface area contributed by atoms with E-state index < -0.39 is 5.92 Å². The van der Waals surface area contributed by atoms with Crippen molar-refractivity contribution in [2.24, 2.45) is 0 Å². The number of rotatable bonds is 2. The maximum Gasteiger partial charge on any atom is 0.234 e. The number of imide groups is 1. The predicted octanol–water partition coefficient (Wildman–Crippen LogP) is 2.95. The monoisotopic (exact) mass is 313 g/mol. The number of aromatic amines is 2. The SMILES string of the molecule is O=C1CC(c2c(-c3ccc[nH]3)[nH]c3ccc(Cl)cc23)C(=O)N1. The molecule has 5 nitrogen and oxygen atoms in total. The van der Waals surface area contributed by atoms with Crippen molar-refractivity contribution in [2.75, 3.05) is 0 Å². The summed E-state index contributed by atoms with van der Waals surface area (Å²) in [5.41, 5.74) is 3.38. The molecule has 6 heteroatoms. The van der Waals surface area contributed by atoms with Crippen LogP contribution in [-0.2, 0) is 9.59 Å². The molecule has 0 spiro atoms. The van der Waals surface area contributed by atoms with Crippen LogP contribution in [-0.4, -0.2) is 21.8 Å². The van der Waals surface area contributed by atoms with Crippen LogP contribution in [0.1, 0.15) is 17.9 Å². The maximum atomic E-state index is 12.1. The van der Waals surface area contributed by atoms with Gasteiger partial charge in [-0.15, -0.1) is 0 Å². The molecule has 0 bridgehead atoms. The Bertz CT molecular complexity index is 896. The second kappa shape index (κ2) is 4.74. The molecule has 3 N–H and O–H groups in total. The van der Waals surface area contributed by atoms with Crippen molar-refractivity contribution in [2.45, 2.75) is 12.3 Å². The number of fused-ring (bicyclic) bond motifs is 1. The Morgan fingerprint density at radius 3 is 2.73 bits per heavy atom. The third-order valence-electron chi connectivity index (χ3n) is 3.99. The molecule has 0 saturated carbocycles. The zero-order valence-electron chi connectivity index (χ0n) is 11.4. The van der Waals surface area contributed by atoms with Crippen LogP contribution >= 0.6 is 11.6 Å². The van der Waals surface area contributed by atoms with E-state index in [0.717, 1.165) is 27.9 Å². The summed E-state index contributed by atoms with van der Waals surface area (Å²) < 4.78 is 0. The molecular weight excluding hydrogens is 302 g/mol. The lowest BCUT2D eigenvalue weighted by atomic mass is 9.93. The molecule has 1 unspecified atom stereocenters. The zero-order chi connectivity index (χ0) is 15.3. The van der Waals surface area contributed by atoms with Gasteiger partial charge in [0, 0.05) is 34.1 Å². The molecule has 110 valence electrons.